The van der Waals surface area contributed by atoms with Crippen molar-refractivity contribution in [3.8, 4) is 0 Å². The van der Waals surface area contributed by atoms with Crippen molar-refractivity contribution in [1.29, 1.82) is 0 Å². The highest BCUT2D eigenvalue weighted by molar-refractivity contribution is 5.96. The monoisotopic (exact) mass is 314 g/mol. The maximum absolute atomic E-state index is 12.6. The normalized spacial score (nSPS) is 15.0. The standard InChI is InChI=1S/C17H18N2O4/c1-2-15(20)18-7-9-19(10-8-18)16(21)13-11-12-5-3-4-6-14(12)23-17(13)22/h3-6,11H,2,7-10H2,1H3. The quantitative estimate of drug-likeness (QED) is 0.787. The van der Waals surface area contributed by atoms with Crippen LogP contribution in [0.25, 0.3) is 11.0 Å². The van der Waals surface area contributed by atoms with Crippen LogP contribution in [-0.4, -0.2) is 47.8 Å². The van der Waals surface area contributed by atoms with Crippen molar-refractivity contribution in [3.63, 3.8) is 0 Å². The van der Waals surface area contributed by atoms with Gasteiger partial charge in [0, 0.05) is 38.0 Å². The third kappa shape index (κ3) is 2.97. The summed E-state index contributed by atoms with van der Waals surface area (Å²) in [6.07, 6.45) is 0.461. The number of para-hydroxylation sites is 1. The lowest BCUT2D eigenvalue weighted by atomic mass is 10.1. The second-order valence-electron chi connectivity index (χ2n) is 5.51. The van der Waals surface area contributed by atoms with E-state index in [0.717, 1.165) is 5.39 Å². The van der Waals surface area contributed by atoms with Crippen LogP contribution in [0.1, 0.15) is 23.7 Å². The van der Waals surface area contributed by atoms with Crippen molar-refractivity contribution >= 4 is 22.8 Å². The molecular formula is C17H18N2O4. The third-order valence-electron chi connectivity index (χ3n) is 4.09. The first-order chi connectivity index (χ1) is 11.1. The van der Waals surface area contributed by atoms with Crippen LogP contribution in [0.15, 0.2) is 39.5 Å². The van der Waals surface area contributed by atoms with Crippen LogP contribution in [0, 0.1) is 0 Å². The van der Waals surface area contributed by atoms with E-state index < -0.39 is 5.63 Å². The van der Waals surface area contributed by atoms with Gasteiger partial charge >= 0.3 is 5.63 Å². The summed E-state index contributed by atoms with van der Waals surface area (Å²) >= 11 is 0. The molecule has 6 heteroatoms. The molecule has 0 spiro atoms. The Hall–Kier alpha value is -2.63. The van der Waals surface area contributed by atoms with Gasteiger partial charge in [-0.1, -0.05) is 25.1 Å². The van der Waals surface area contributed by atoms with Gasteiger partial charge in [0.15, 0.2) is 0 Å². The number of benzene rings is 1. The van der Waals surface area contributed by atoms with E-state index in [1.807, 2.05) is 13.0 Å². The fourth-order valence-corrected chi connectivity index (χ4v) is 2.76. The Kier molecular flexibility index (Phi) is 4.14. The molecule has 1 aromatic heterocycles. The molecule has 6 nitrogen and oxygen atoms in total. The summed E-state index contributed by atoms with van der Waals surface area (Å²) < 4.78 is 5.21. The van der Waals surface area contributed by atoms with Gasteiger partial charge in [-0.2, -0.15) is 0 Å². The number of piperazine rings is 1. The van der Waals surface area contributed by atoms with Gasteiger partial charge in [-0.05, 0) is 12.1 Å². The molecule has 0 radical (unpaired) electrons. The Balaban J connectivity index is 1.80. The molecule has 0 bridgehead atoms. The first kappa shape index (κ1) is 15.3. The fraction of sp³-hybridized carbons (Fsp3) is 0.353. The molecule has 1 aliphatic heterocycles. The summed E-state index contributed by atoms with van der Waals surface area (Å²) in [6.45, 7) is 3.67. The van der Waals surface area contributed by atoms with E-state index in [4.69, 9.17) is 4.42 Å². The van der Waals surface area contributed by atoms with E-state index in [1.54, 1.807) is 34.1 Å². The van der Waals surface area contributed by atoms with Crippen molar-refractivity contribution in [2.45, 2.75) is 13.3 Å². The van der Waals surface area contributed by atoms with E-state index in [9.17, 15) is 14.4 Å². The molecule has 1 aliphatic rings. The summed E-state index contributed by atoms with van der Waals surface area (Å²) in [7, 11) is 0. The third-order valence-corrected chi connectivity index (χ3v) is 4.09. The van der Waals surface area contributed by atoms with Crippen molar-refractivity contribution in [2.75, 3.05) is 26.2 Å². The Morgan fingerprint density at radius 1 is 1.09 bits per heavy atom. The Morgan fingerprint density at radius 2 is 1.74 bits per heavy atom. The SMILES string of the molecule is CCC(=O)N1CCN(C(=O)c2cc3ccccc3oc2=O)CC1. The number of hydrogen-bond acceptors (Lipinski definition) is 4. The molecule has 120 valence electrons. The summed E-state index contributed by atoms with van der Waals surface area (Å²) in [4.78, 5) is 39.6. The van der Waals surface area contributed by atoms with Crippen molar-refractivity contribution in [3.05, 3.63) is 46.3 Å². The molecule has 2 aromatic rings. The summed E-state index contributed by atoms with van der Waals surface area (Å²) in [5, 5.41) is 0.718. The second-order valence-corrected chi connectivity index (χ2v) is 5.51. The molecule has 1 aromatic carbocycles. The molecule has 0 unspecified atom stereocenters. The second kappa shape index (κ2) is 6.24. The molecular weight excluding hydrogens is 296 g/mol. The minimum absolute atomic E-state index is 0.0407. The van der Waals surface area contributed by atoms with Gasteiger partial charge in [0.05, 0.1) is 0 Å². The van der Waals surface area contributed by atoms with Crippen molar-refractivity contribution in [1.82, 2.24) is 9.80 Å². The van der Waals surface area contributed by atoms with Crippen LogP contribution in [-0.2, 0) is 4.79 Å². The van der Waals surface area contributed by atoms with Gasteiger partial charge in [-0.3, -0.25) is 9.59 Å². The number of fused-ring (bicyclic) bond motifs is 1. The molecule has 0 atom stereocenters. The first-order valence-electron chi connectivity index (χ1n) is 7.70. The first-order valence-corrected chi connectivity index (χ1v) is 7.70. The summed E-state index contributed by atoms with van der Waals surface area (Å²) in [5.74, 6) is -0.254. The molecule has 2 amide bonds. The van der Waals surface area contributed by atoms with Crippen LogP contribution in [0.2, 0.25) is 0 Å². The minimum Gasteiger partial charge on any atom is -0.422 e. The minimum atomic E-state index is -0.624. The lowest BCUT2D eigenvalue weighted by molar-refractivity contribution is -0.132. The van der Waals surface area contributed by atoms with Crippen molar-refractivity contribution < 1.29 is 14.0 Å². The van der Waals surface area contributed by atoms with E-state index in [-0.39, 0.29) is 17.4 Å². The number of hydrogen-bond donors (Lipinski definition) is 0. The number of rotatable bonds is 2. The highest BCUT2D eigenvalue weighted by Gasteiger charge is 2.26. The van der Waals surface area contributed by atoms with Gasteiger partial charge < -0.3 is 14.2 Å². The van der Waals surface area contributed by atoms with Crippen LogP contribution >= 0.6 is 0 Å². The summed E-state index contributed by atoms with van der Waals surface area (Å²) in [5.41, 5.74) is -0.118. The maximum Gasteiger partial charge on any atom is 0.349 e. The van der Waals surface area contributed by atoms with Gasteiger partial charge in [0.2, 0.25) is 5.91 Å². The number of amides is 2. The van der Waals surface area contributed by atoms with Gasteiger partial charge in [-0.15, -0.1) is 0 Å². The Bertz CT molecular complexity index is 804. The zero-order valence-electron chi connectivity index (χ0n) is 12.9. The van der Waals surface area contributed by atoms with Crippen LogP contribution < -0.4 is 5.63 Å². The van der Waals surface area contributed by atoms with E-state index in [1.165, 1.54) is 0 Å². The number of nitrogens with zero attached hydrogens (tertiary/aromatic N) is 2. The predicted octanol–water partition coefficient (Wildman–Crippen LogP) is 1.49. The molecule has 2 heterocycles. The lowest BCUT2D eigenvalue weighted by Gasteiger charge is -2.34. The fourth-order valence-electron chi connectivity index (χ4n) is 2.76. The molecule has 1 saturated heterocycles. The van der Waals surface area contributed by atoms with Crippen LogP contribution in [0.3, 0.4) is 0 Å². The Morgan fingerprint density at radius 3 is 2.43 bits per heavy atom. The maximum atomic E-state index is 12.6. The summed E-state index contributed by atoms with van der Waals surface area (Å²) in [6, 6.07) is 8.67. The molecule has 0 saturated carbocycles. The predicted molar refractivity (Wildman–Crippen MR) is 85.3 cm³/mol. The smallest absolute Gasteiger partial charge is 0.349 e. The van der Waals surface area contributed by atoms with Gasteiger partial charge in [-0.25, -0.2) is 4.79 Å². The van der Waals surface area contributed by atoms with E-state index in [2.05, 4.69) is 0 Å². The zero-order chi connectivity index (χ0) is 16.4. The van der Waals surface area contributed by atoms with Crippen molar-refractivity contribution in [2.24, 2.45) is 0 Å². The zero-order valence-corrected chi connectivity index (χ0v) is 12.9. The molecule has 3 rings (SSSR count). The van der Waals surface area contributed by atoms with Gasteiger partial charge in [0.1, 0.15) is 11.1 Å². The largest absolute Gasteiger partial charge is 0.422 e. The molecule has 0 aliphatic carbocycles. The van der Waals surface area contributed by atoms with E-state index >= 15 is 0 Å². The van der Waals surface area contributed by atoms with Crippen LogP contribution in [0.5, 0.6) is 0 Å². The molecule has 0 N–H and O–H groups in total. The van der Waals surface area contributed by atoms with Gasteiger partial charge in [0.25, 0.3) is 5.91 Å². The Labute approximate surface area is 133 Å². The number of carbonyl (C=O) groups excluding carboxylic acids is 2. The van der Waals surface area contributed by atoms with Crippen LogP contribution in [0.4, 0.5) is 0 Å². The topological polar surface area (TPSA) is 70.8 Å². The average Bonchev–Trinajstić information content (AvgIpc) is 2.60. The van der Waals surface area contributed by atoms with E-state index in [0.29, 0.717) is 38.2 Å². The lowest BCUT2D eigenvalue weighted by Crippen LogP contribution is -2.51. The molecule has 1 fully saturated rings. The average molecular weight is 314 g/mol. The highest BCUT2D eigenvalue weighted by atomic mass is 16.4. The highest BCUT2D eigenvalue weighted by Crippen LogP contribution is 2.14. The molecule has 23 heavy (non-hydrogen) atoms. The number of carbonyl (C=O) groups is 2.